The lowest BCUT2D eigenvalue weighted by atomic mass is 10.0. The molecular weight excluding hydrogens is 245 g/mol. The van der Waals surface area contributed by atoms with E-state index < -0.39 is 5.97 Å². The number of carboxylic acid groups (broad SMARTS) is 1. The summed E-state index contributed by atoms with van der Waals surface area (Å²) in [6, 6.07) is 6.96. The Kier molecular flexibility index (Phi) is 4.53. The zero-order valence-corrected chi connectivity index (χ0v) is 11.2. The minimum absolute atomic E-state index is 0.195. The summed E-state index contributed by atoms with van der Waals surface area (Å²) in [5.41, 5.74) is 1.000. The molecule has 2 unspecified atom stereocenters. The second-order valence-electron chi connectivity index (χ2n) is 5.40. The molecule has 104 valence electrons. The molecule has 1 saturated heterocycles. The van der Waals surface area contributed by atoms with Gasteiger partial charge in [-0.2, -0.15) is 0 Å². The molecule has 1 aliphatic heterocycles. The molecule has 1 N–H and O–H groups in total. The molecule has 0 amide bonds. The van der Waals surface area contributed by atoms with Crippen LogP contribution in [0.5, 0.6) is 0 Å². The van der Waals surface area contributed by atoms with Crippen LogP contribution >= 0.6 is 0 Å². The minimum Gasteiger partial charge on any atom is -0.481 e. The van der Waals surface area contributed by atoms with Gasteiger partial charge in [-0.3, -0.25) is 9.69 Å². The lowest BCUT2D eigenvalue weighted by molar-refractivity contribution is -0.137. The second-order valence-corrected chi connectivity index (χ2v) is 5.40. The highest BCUT2D eigenvalue weighted by Crippen LogP contribution is 2.35. The van der Waals surface area contributed by atoms with E-state index in [1.54, 1.807) is 12.1 Å². The molecule has 3 nitrogen and oxygen atoms in total. The third-order valence-electron chi connectivity index (χ3n) is 3.68. The lowest BCUT2D eigenvalue weighted by Gasteiger charge is -2.24. The van der Waals surface area contributed by atoms with Crippen LogP contribution < -0.4 is 0 Å². The molecule has 1 aliphatic rings. The van der Waals surface area contributed by atoms with Crippen molar-refractivity contribution in [1.82, 2.24) is 4.90 Å². The number of hydrogen-bond acceptors (Lipinski definition) is 2. The molecule has 0 saturated carbocycles. The number of carbonyl (C=O) groups is 1. The van der Waals surface area contributed by atoms with E-state index in [0.717, 1.165) is 25.1 Å². The molecule has 1 aromatic carbocycles. The number of likely N-dealkylation sites (tertiary alicyclic amines) is 1. The summed E-state index contributed by atoms with van der Waals surface area (Å²) in [7, 11) is 0. The van der Waals surface area contributed by atoms with Crippen molar-refractivity contribution >= 4 is 5.97 Å². The minimum atomic E-state index is -0.755. The van der Waals surface area contributed by atoms with E-state index in [2.05, 4.69) is 11.8 Å². The Morgan fingerprint density at radius 3 is 3.00 bits per heavy atom. The van der Waals surface area contributed by atoms with Gasteiger partial charge in [0, 0.05) is 19.0 Å². The van der Waals surface area contributed by atoms with Crippen LogP contribution in [0.15, 0.2) is 24.3 Å². The van der Waals surface area contributed by atoms with Crippen molar-refractivity contribution in [3.05, 3.63) is 35.6 Å². The molecule has 0 aliphatic carbocycles. The van der Waals surface area contributed by atoms with Crippen molar-refractivity contribution in [1.29, 1.82) is 0 Å². The first-order valence-electron chi connectivity index (χ1n) is 6.77. The van der Waals surface area contributed by atoms with Crippen LogP contribution in [0.25, 0.3) is 0 Å². The maximum Gasteiger partial charge on any atom is 0.303 e. The fourth-order valence-corrected chi connectivity index (χ4v) is 2.87. The number of rotatable bonds is 5. The smallest absolute Gasteiger partial charge is 0.303 e. The third kappa shape index (κ3) is 3.77. The Morgan fingerprint density at radius 1 is 1.53 bits per heavy atom. The summed E-state index contributed by atoms with van der Waals surface area (Å²) in [6.07, 6.45) is 1.85. The van der Waals surface area contributed by atoms with Gasteiger partial charge in [-0.1, -0.05) is 19.1 Å². The maximum atomic E-state index is 13.3. The van der Waals surface area contributed by atoms with Crippen molar-refractivity contribution in [3.8, 4) is 0 Å². The fourth-order valence-electron chi connectivity index (χ4n) is 2.87. The first-order valence-corrected chi connectivity index (χ1v) is 6.77. The normalized spacial score (nSPS) is 23.7. The summed E-state index contributed by atoms with van der Waals surface area (Å²) in [6.45, 7) is 3.90. The average Bonchev–Trinajstić information content (AvgIpc) is 2.70. The predicted octanol–water partition coefficient (Wildman–Crippen LogP) is 3.07. The average molecular weight is 265 g/mol. The standard InChI is InChI=1S/C15H20FNO2/c1-11-8-14(12-4-2-5-13(16)9-12)17(10-11)7-3-6-15(18)19/h2,4-5,9,11,14H,3,6-8,10H2,1H3,(H,18,19). The molecule has 0 radical (unpaired) electrons. The van der Waals surface area contributed by atoms with Gasteiger partial charge in [0.25, 0.3) is 0 Å². The SMILES string of the molecule is CC1CC(c2cccc(F)c2)N(CCCC(=O)O)C1. The largest absolute Gasteiger partial charge is 0.481 e. The van der Waals surface area contributed by atoms with Crippen molar-refractivity contribution in [2.24, 2.45) is 5.92 Å². The molecule has 1 heterocycles. The van der Waals surface area contributed by atoms with Gasteiger partial charge >= 0.3 is 5.97 Å². The monoisotopic (exact) mass is 265 g/mol. The van der Waals surface area contributed by atoms with Gasteiger partial charge in [0.1, 0.15) is 5.82 Å². The third-order valence-corrected chi connectivity index (χ3v) is 3.68. The van der Waals surface area contributed by atoms with Crippen LogP contribution in [0.3, 0.4) is 0 Å². The van der Waals surface area contributed by atoms with Gasteiger partial charge in [0.15, 0.2) is 0 Å². The molecule has 1 aromatic rings. The van der Waals surface area contributed by atoms with Crippen LogP contribution in [0.2, 0.25) is 0 Å². The van der Waals surface area contributed by atoms with Gasteiger partial charge in [0.2, 0.25) is 0 Å². The summed E-state index contributed by atoms with van der Waals surface area (Å²) < 4.78 is 13.3. The number of benzene rings is 1. The Bertz CT molecular complexity index is 450. The summed E-state index contributed by atoms with van der Waals surface area (Å²) in [5.74, 6) is -0.393. The number of hydrogen-bond donors (Lipinski definition) is 1. The topological polar surface area (TPSA) is 40.5 Å². The highest BCUT2D eigenvalue weighted by atomic mass is 19.1. The number of aliphatic carboxylic acids is 1. The van der Waals surface area contributed by atoms with E-state index in [1.165, 1.54) is 6.07 Å². The molecule has 2 rings (SSSR count). The summed E-state index contributed by atoms with van der Waals surface area (Å²) in [4.78, 5) is 12.8. The molecule has 0 spiro atoms. The number of halogens is 1. The van der Waals surface area contributed by atoms with Crippen LogP contribution in [0, 0.1) is 11.7 Å². The van der Waals surface area contributed by atoms with E-state index >= 15 is 0 Å². The maximum absolute atomic E-state index is 13.3. The molecule has 2 atom stereocenters. The van der Waals surface area contributed by atoms with E-state index in [4.69, 9.17) is 5.11 Å². The lowest BCUT2D eigenvalue weighted by Crippen LogP contribution is -2.25. The predicted molar refractivity (Wildman–Crippen MR) is 71.4 cm³/mol. The molecule has 19 heavy (non-hydrogen) atoms. The Labute approximate surface area is 113 Å². The molecule has 4 heteroatoms. The van der Waals surface area contributed by atoms with Gasteiger partial charge in [-0.15, -0.1) is 0 Å². The van der Waals surface area contributed by atoms with E-state index in [0.29, 0.717) is 12.3 Å². The Morgan fingerprint density at radius 2 is 2.32 bits per heavy atom. The van der Waals surface area contributed by atoms with Gasteiger partial charge < -0.3 is 5.11 Å². The first kappa shape index (κ1) is 14.0. The Hall–Kier alpha value is -1.42. The van der Waals surface area contributed by atoms with Gasteiger partial charge in [-0.25, -0.2) is 4.39 Å². The van der Waals surface area contributed by atoms with Crippen molar-refractivity contribution in [3.63, 3.8) is 0 Å². The second kappa shape index (κ2) is 6.15. The Balaban J connectivity index is 2.02. The molecule has 0 bridgehead atoms. The van der Waals surface area contributed by atoms with Crippen molar-refractivity contribution in [2.75, 3.05) is 13.1 Å². The number of nitrogens with zero attached hydrogens (tertiary/aromatic N) is 1. The van der Waals surface area contributed by atoms with E-state index in [1.807, 2.05) is 6.07 Å². The first-order chi connectivity index (χ1) is 9.06. The van der Waals surface area contributed by atoms with Crippen molar-refractivity contribution < 1.29 is 14.3 Å². The number of carboxylic acids is 1. The molecular formula is C15H20FNO2. The highest BCUT2D eigenvalue weighted by molar-refractivity contribution is 5.66. The van der Waals surface area contributed by atoms with Crippen LogP contribution in [-0.2, 0) is 4.79 Å². The highest BCUT2D eigenvalue weighted by Gasteiger charge is 2.30. The van der Waals surface area contributed by atoms with E-state index in [-0.39, 0.29) is 18.3 Å². The molecule has 1 fully saturated rings. The van der Waals surface area contributed by atoms with Gasteiger partial charge in [0.05, 0.1) is 0 Å². The van der Waals surface area contributed by atoms with Crippen molar-refractivity contribution in [2.45, 2.75) is 32.2 Å². The summed E-state index contributed by atoms with van der Waals surface area (Å²) in [5, 5.41) is 8.69. The van der Waals surface area contributed by atoms with Crippen LogP contribution in [0.4, 0.5) is 4.39 Å². The van der Waals surface area contributed by atoms with Crippen LogP contribution in [0.1, 0.15) is 37.8 Å². The summed E-state index contributed by atoms with van der Waals surface area (Å²) >= 11 is 0. The van der Waals surface area contributed by atoms with Crippen LogP contribution in [-0.4, -0.2) is 29.1 Å². The van der Waals surface area contributed by atoms with E-state index in [9.17, 15) is 9.18 Å². The zero-order chi connectivity index (χ0) is 13.8. The fraction of sp³-hybridized carbons (Fsp3) is 0.533. The molecule has 0 aromatic heterocycles. The zero-order valence-electron chi connectivity index (χ0n) is 11.2. The van der Waals surface area contributed by atoms with Gasteiger partial charge in [-0.05, 0) is 43.0 Å². The quantitative estimate of drug-likeness (QED) is 0.889.